The molecule has 4 rings (SSSR count). The van der Waals surface area contributed by atoms with E-state index in [9.17, 15) is 8.76 Å². The van der Waals surface area contributed by atoms with Crippen LogP contribution < -0.4 is 4.90 Å². The van der Waals surface area contributed by atoms with Crippen molar-refractivity contribution < 1.29 is 17.7 Å². The van der Waals surface area contributed by atoms with Crippen LogP contribution in [0.15, 0.2) is 24.7 Å². The van der Waals surface area contributed by atoms with Crippen molar-refractivity contribution in [3.63, 3.8) is 0 Å². The Bertz CT molecular complexity index is 996. The first-order valence-corrected chi connectivity index (χ1v) is 10.8. The Labute approximate surface area is 173 Å². The number of aromatic amines is 1. The molecule has 0 amide bonds. The lowest BCUT2D eigenvalue weighted by molar-refractivity contribution is 0.0985. The molecule has 1 fully saturated rings. The first-order valence-electron chi connectivity index (χ1n) is 8.96. The van der Waals surface area contributed by atoms with Crippen LogP contribution in [0.4, 0.5) is 5.82 Å². The van der Waals surface area contributed by atoms with Gasteiger partial charge in [0.2, 0.25) is 0 Å². The van der Waals surface area contributed by atoms with Crippen LogP contribution in [0, 0.1) is 0 Å². The van der Waals surface area contributed by atoms with Crippen LogP contribution in [0.1, 0.15) is 25.6 Å². The fourth-order valence-electron chi connectivity index (χ4n) is 3.03. The molecule has 0 spiro atoms. The van der Waals surface area contributed by atoms with Crippen LogP contribution in [0.2, 0.25) is 0 Å². The Morgan fingerprint density at radius 2 is 2.31 bits per heavy atom. The number of hydrogen-bond acceptors (Lipinski definition) is 10. The van der Waals surface area contributed by atoms with Crippen LogP contribution in [0.25, 0.3) is 21.3 Å². The lowest BCUT2D eigenvalue weighted by Gasteiger charge is -2.34. The minimum Gasteiger partial charge on any atom is -0.750 e. The van der Waals surface area contributed by atoms with Crippen LogP contribution in [-0.2, 0) is 20.3 Å². The standard InChI is InChI=1S/C17H20N6O4S2/c1-10-9-26-4-3-23(10)15-5-13(11(2)27-29(24)25)21-16(22-15)14-8-18-17(28-14)12-6-19-20-7-12/h5-8,10-11H,3-4,9H2,1-2H3,(H,19,20)(H,24,25)/p-1/t10-,11?/m0/s1. The third-order valence-electron chi connectivity index (χ3n) is 4.51. The van der Waals surface area contributed by atoms with E-state index in [2.05, 4.69) is 32.0 Å². The van der Waals surface area contributed by atoms with Gasteiger partial charge in [0.15, 0.2) is 5.82 Å². The van der Waals surface area contributed by atoms with E-state index in [1.165, 1.54) is 11.3 Å². The maximum Gasteiger partial charge on any atom is 0.173 e. The molecule has 0 aliphatic carbocycles. The van der Waals surface area contributed by atoms with Gasteiger partial charge in [-0.15, -0.1) is 11.3 Å². The monoisotopic (exact) mass is 435 g/mol. The van der Waals surface area contributed by atoms with Gasteiger partial charge in [-0.25, -0.2) is 19.2 Å². The predicted octanol–water partition coefficient (Wildman–Crippen LogP) is 2.09. The number of nitrogens with one attached hydrogen (secondary N) is 1. The highest BCUT2D eigenvalue weighted by molar-refractivity contribution is 7.74. The zero-order valence-corrected chi connectivity index (χ0v) is 17.4. The van der Waals surface area contributed by atoms with Gasteiger partial charge in [-0.2, -0.15) is 5.10 Å². The molecule has 3 aromatic rings. The zero-order valence-electron chi connectivity index (χ0n) is 15.8. The summed E-state index contributed by atoms with van der Waals surface area (Å²) in [7, 11) is 0. The Morgan fingerprint density at radius 1 is 1.45 bits per heavy atom. The number of ether oxygens (including phenoxy) is 1. The second-order valence-corrected chi connectivity index (χ2v) is 8.18. The summed E-state index contributed by atoms with van der Waals surface area (Å²) < 4.78 is 32.4. The molecular formula is C17H19N6O4S2-. The molecule has 4 heterocycles. The van der Waals surface area contributed by atoms with Gasteiger partial charge in [-0.05, 0) is 13.8 Å². The number of rotatable bonds is 6. The van der Waals surface area contributed by atoms with Crippen molar-refractivity contribution in [3.8, 4) is 21.3 Å². The average Bonchev–Trinajstić information content (AvgIpc) is 3.39. The molecule has 0 saturated carbocycles. The summed E-state index contributed by atoms with van der Waals surface area (Å²) in [5.74, 6) is 1.17. The summed E-state index contributed by atoms with van der Waals surface area (Å²) in [6.45, 7) is 5.56. The number of morpholine rings is 1. The lowest BCUT2D eigenvalue weighted by atomic mass is 10.2. The number of H-pyrrole nitrogens is 1. The van der Waals surface area contributed by atoms with E-state index < -0.39 is 17.5 Å². The molecule has 0 radical (unpaired) electrons. The Balaban J connectivity index is 1.74. The van der Waals surface area contributed by atoms with Gasteiger partial charge < -0.3 is 14.2 Å². The highest BCUT2D eigenvalue weighted by Crippen LogP contribution is 2.32. The van der Waals surface area contributed by atoms with Gasteiger partial charge in [-0.1, -0.05) is 0 Å². The number of aromatic nitrogens is 5. The number of thiazole rings is 1. The minimum absolute atomic E-state index is 0.132. The van der Waals surface area contributed by atoms with E-state index in [0.29, 0.717) is 37.1 Å². The van der Waals surface area contributed by atoms with Crippen molar-refractivity contribution in [1.29, 1.82) is 0 Å². The summed E-state index contributed by atoms with van der Waals surface area (Å²) in [5.41, 5.74) is 1.35. The van der Waals surface area contributed by atoms with Crippen molar-refractivity contribution in [3.05, 3.63) is 30.4 Å². The molecule has 1 aliphatic rings. The molecular weight excluding hydrogens is 416 g/mol. The average molecular weight is 436 g/mol. The maximum absolute atomic E-state index is 11.0. The first kappa shape index (κ1) is 20.0. The first-order chi connectivity index (χ1) is 14.0. The van der Waals surface area contributed by atoms with Crippen LogP contribution in [0.5, 0.6) is 0 Å². The fourth-order valence-corrected chi connectivity index (χ4v) is 4.20. The molecule has 12 heteroatoms. The quantitative estimate of drug-likeness (QED) is 0.578. The van der Waals surface area contributed by atoms with Crippen molar-refractivity contribution >= 4 is 28.5 Å². The van der Waals surface area contributed by atoms with E-state index in [4.69, 9.17) is 13.9 Å². The van der Waals surface area contributed by atoms with Crippen molar-refractivity contribution in [2.45, 2.75) is 26.0 Å². The summed E-state index contributed by atoms with van der Waals surface area (Å²) in [4.78, 5) is 16.6. The summed E-state index contributed by atoms with van der Waals surface area (Å²) in [6.07, 6.45) is 4.42. The SMILES string of the molecule is CC(OS(=O)[O-])c1cc(N2CCOC[C@@H]2C)nc(-c2cnc(-c3cn[nH]c3)s2)n1. The smallest absolute Gasteiger partial charge is 0.173 e. The van der Waals surface area contributed by atoms with Crippen molar-refractivity contribution in [2.75, 3.05) is 24.7 Å². The summed E-state index contributed by atoms with van der Waals surface area (Å²) >= 11 is -1.21. The normalized spacial score (nSPS) is 19.3. The van der Waals surface area contributed by atoms with Crippen LogP contribution in [0.3, 0.4) is 0 Å². The van der Waals surface area contributed by atoms with Gasteiger partial charge in [0.25, 0.3) is 0 Å². The molecule has 154 valence electrons. The molecule has 2 unspecified atom stereocenters. The van der Waals surface area contributed by atoms with E-state index in [-0.39, 0.29) is 6.04 Å². The van der Waals surface area contributed by atoms with Crippen molar-refractivity contribution in [2.24, 2.45) is 0 Å². The van der Waals surface area contributed by atoms with E-state index >= 15 is 0 Å². The Kier molecular flexibility index (Phi) is 5.96. The molecule has 3 atom stereocenters. The maximum atomic E-state index is 11.0. The topological polar surface area (TPSA) is 129 Å². The Morgan fingerprint density at radius 3 is 3.03 bits per heavy atom. The van der Waals surface area contributed by atoms with E-state index in [1.54, 1.807) is 31.6 Å². The van der Waals surface area contributed by atoms with Crippen molar-refractivity contribution in [1.82, 2.24) is 25.1 Å². The van der Waals surface area contributed by atoms with E-state index in [1.807, 2.05) is 0 Å². The third-order valence-corrected chi connectivity index (χ3v) is 5.99. The highest BCUT2D eigenvalue weighted by Gasteiger charge is 2.24. The molecule has 0 aromatic carbocycles. The van der Waals surface area contributed by atoms with E-state index in [0.717, 1.165) is 15.4 Å². The summed E-state index contributed by atoms with van der Waals surface area (Å²) in [5, 5.41) is 7.50. The minimum atomic E-state index is -2.65. The predicted molar refractivity (Wildman–Crippen MR) is 107 cm³/mol. The largest absolute Gasteiger partial charge is 0.750 e. The van der Waals surface area contributed by atoms with Gasteiger partial charge in [0, 0.05) is 30.6 Å². The zero-order chi connectivity index (χ0) is 20.4. The number of anilines is 1. The molecule has 0 bridgehead atoms. The highest BCUT2D eigenvalue weighted by atomic mass is 32.2. The second-order valence-electron chi connectivity index (χ2n) is 6.55. The third kappa shape index (κ3) is 4.51. The van der Waals surface area contributed by atoms with Gasteiger partial charge in [0.05, 0.1) is 47.4 Å². The van der Waals surface area contributed by atoms with Gasteiger partial charge in [0.1, 0.15) is 16.9 Å². The number of hydrogen-bond donors (Lipinski definition) is 1. The number of nitrogens with zero attached hydrogens (tertiary/aromatic N) is 5. The molecule has 29 heavy (non-hydrogen) atoms. The summed E-state index contributed by atoms with van der Waals surface area (Å²) in [6, 6.07) is 1.90. The molecule has 1 saturated heterocycles. The molecule has 3 aromatic heterocycles. The lowest BCUT2D eigenvalue weighted by Crippen LogP contribution is -2.44. The van der Waals surface area contributed by atoms with Gasteiger partial charge >= 0.3 is 0 Å². The molecule has 1 aliphatic heterocycles. The Hall–Kier alpha value is -2.25. The van der Waals surface area contributed by atoms with Crippen LogP contribution in [-0.4, -0.2) is 59.7 Å². The second kappa shape index (κ2) is 8.63. The molecule has 1 N–H and O–H groups in total. The van der Waals surface area contributed by atoms with Crippen LogP contribution >= 0.6 is 11.3 Å². The van der Waals surface area contributed by atoms with Gasteiger partial charge in [-0.3, -0.25) is 9.28 Å². The fraction of sp³-hybridized carbons (Fsp3) is 0.412. The molecule has 10 nitrogen and oxygen atoms in total.